The van der Waals surface area contributed by atoms with E-state index in [1.807, 2.05) is 36.6 Å². The third-order valence-electron chi connectivity index (χ3n) is 3.18. The van der Waals surface area contributed by atoms with E-state index in [0.717, 1.165) is 11.3 Å². The fourth-order valence-electron chi connectivity index (χ4n) is 1.93. The molecule has 0 aliphatic carbocycles. The summed E-state index contributed by atoms with van der Waals surface area (Å²) in [5.41, 5.74) is 1.80. The van der Waals surface area contributed by atoms with E-state index in [4.69, 9.17) is 11.6 Å². The predicted molar refractivity (Wildman–Crippen MR) is 93.8 cm³/mol. The molecule has 7 heteroatoms. The lowest BCUT2D eigenvalue weighted by Crippen LogP contribution is -2.12. The highest BCUT2D eigenvalue weighted by Gasteiger charge is 2.08. The number of nitrogens with zero attached hydrogens (tertiary/aromatic N) is 2. The van der Waals surface area contributed by atoms with Crippen molar-refractivity contribution >= 4 is 46.2 Å². The van der Waals surface area contributed by atoms with Gasteiger partial charge in [0.05, 0.1) is 4.88 Å². The molecule has 0 atom stereocenters. The third-order valence-corrected chi connectivity index (χ3v) is 4.46. The molecule has 0 unspecified atom stereocenters. The van der Waals surface area contributed by atoms with Gasteiger partial charge in [0.25, 0.3) is 5.91 Å². The van der Waals surface area contributed by atoms with Crippen LogP contribution in [0.1, 0.15) is 15.2 Å². The van der Waals surface area contributed by atoms with Crippen LogP contribution in [0.3, 0.4) is 0 Å². The Bertz CT molecular complexity index is 819. The van der Waals surface area contributed by atoms with Crippen molar-refractivity contribution in [1.82, 2.24) is 10.2 Å². The summed E-state index contributed by atoms with van der Waals surface area (Å²) >= 11 is 7.46. The quantitative estimate of drug-likeness (QED) is 0.731. The first-order valence-electron chi connectivity index (χ1n) is 6.84. The van der Waals surface area contributed by atoms with Gasteiger partial charge in [-0.2, -0.15) is 0 Å². The van der Waals surface area contributed by atoms with Crippen molar-refractivity contribution in [2.45, 2.75) is 6.92 Å². The minimum absolute atomic E-state index is 0.194. The van der Waals surface area contributed by atoms with Crippen LogP contribution in [-0.2, 0) is 0 Å². The molecule has 0 saturated carbocycles. The van der Waals surface area contributed by atoms with Gasteiger partial charge in [-0.15, -0.1) is 21.5 Å². The highest BCUT2D eigenvalue weighted by atomic mass is 35.5. The van der Waals surface area contributed by atoms with E-state index in [1.54, 1.807) is 18.2 Å². The lowest BCUT2D eigenvalue weighted by molar-refractivity contribution is 0.103. The Balaban J connectivity index is 1.70. The molecule has 0 bridgehead atoms. The van der Waals surface area contributed by atoms with Gasteiger partial charge in [-0.1, -0.05) is 23.7 Å². The average Bonchev–Trinajstić information content (AvgIpc) is 3.08. The first-order valence-corrected chi connectivity index (χ1v) is 8.10. The molecule has 2 N–H and O–H groups in total. The molecule has 116 valence electrons. The molecule has 2 heterocycles. The first-order chi connectivity index (χ1) is 11.1. The largest absolute Gasteiger partial charge is 0.338 e. The Morgan fingerprint density at radius 1 is 1.09 bits per heavy atom. The van der Waals surface area contributed by atoms with Gasteiger partial charge in [0, 0.05) is 10.7 Å². The topological polar surface area (TPSA) is 66.9 Å². The van der Waals surface area contributed by atoms with Crippen molar-refractivity contribution in [2.75, 3.05) is 10.6 Å². The Morgan fingerprint density at radius 2 is 1.87 bits per heavy atom. The maximum Gasteiger partial charge on any atom is 0.266 e. The van der Waals surface area contributed by atoms with Gasteiger partial charge in [-0.25, -0.2) is 0 Å². The molecule has 3 rings (SSSR count). The second-order valence-electron chi connectivity index (χ2n) is 4.77. The van der Waals surface area contributed by atoms with Crippen LogP contribution in [0.25, 0.3) is 0 Å². The molecular weight excluding hydrogens is 332 g/mol. The van der Waals surface area contributed by atoms with Crippen molar-refractivity contribution in [3.05, 3.63) is 63.3 Å². The standard InChI is InChI=1S/C16H13ClN4OS/c1-10-11(17)4-2-5-12(10)18-14-7-8-15(21-20-14)19-16(22)13-6-3-9-23-13/h2-9H,1H3,(H,18,20)(H,19,21,22). The summed E-state index contributed by atoms with van der Waals surface area (Å²) in [6.45, 7) is 1.92. The molecule has 1 amide bonds. The normalized spacial score (nSPS) is 10.3. The molecule has 23 heavy (non-hydrogen) atoms. The first kappa shape index (κ1) is 15.5. The van der Waals surface area contributed by atoms with Crippen LogP contribution in [0, 0.1) is 6.92 Å². The number of hydrogen-bond donors (Lipinski definition) is 2. The van der Waals surface area contributed by atoms with Crippen molar-refractivity contribution in [2.24, 2.45) is 0 Å². The number of benzene rings is 1. The Morgan fingerprint density at radius 3 is 2.57 bits per heavy atom. The lowest BCUT2D eigenvalue weighted by Gasteiger charge is -2.09. The Hall–Kier alpha value is -2.44. The summed E-state index contributed by atoms with van der Waals surface area (Å²) < 4.78 is 0. The summed E-state index contributed by atoms with van der Waals surface area (Å²) in [7, 11) is 0. The van der Waals surface area contributed by atoms with Crippen LogP contribution in [0.2, 0.25) is 5.02 Å². The number of thiophene rings is 1. The fraction of sp³-hybridized carbons (Fsp3) is 0.0625. The zero-order chi connectivity index (χ0) is 16.2. The van der Waals surface area contributed by atoms with Crippen molar-refractivity contribution in [3.63, 3.8) is 0 Å². The maximum atomic E-state index is 11.9. The number of carbonyl (C=O) groups excluding carboxylic acids is 1. The summed E-state index contributed by atoms with van der Waals surface area (Å²) in [5, 5.41) is 16.5. The van der Waals surface area contributed by atoms with Gasteiger partial charge in [0.15, 0.2) is 11.6 Å². The second-order valence-corrected chi connectivity index (χ2v) is 6.13. The van der Waals surface area contributed by atoms with E-state index < -0.39 is 0 Å². The lowest BCUT2D eigenvalue weighted by atomic mass is 10.2. The van der Waals surface area contributed by atoms with E-state index in [9.17, 15) is 4.79 Å². The smallest absolute Gasteiger partial charge is 0.266 e. The van der Waals surface area contributed by atoms with Gasteiger partial charge < -0.3 is 10.6 Å². The molecule has 3 aromatic rings. The molecule has 2 aromatic heterocycles. The van der Waals surface area contributed by atoms with Gasteiger partial charge in [-0.3, -0.25) is 4.79 Å². The summed E-state index contributed by atoms with van der Waals surface area (Å²) in [5.74, 6) is 0.780. The number of hydrogen-bond acceptors (Lipinski definition) is 5. The number of halogens is 1. The van der Waals surface area contributed by atoms with Crippen LogP contribution in [0.15, 0.2) is 47.8 Å². The minimum Gasteiger partial charge on any atom is -0.338 e. The van der Waals surface area contributed by atoms with Gasteiger partial charge in [0.2, 0.25) is 0 Å². The Labute approximate surface area is 142 Å². The highest BCUT2D eigenvalue weighted by molar-refractivity contribution is 7.12. The van der Waals surface area contributed by atoms with Crippen molar-refractivity contribution in [1.29, 1.82) is 0 Å². The van der Waals surface area contributed by atoms with E-state index in [0.29, 0.717) is 21.5 Å². The van der Waals surface area contributed by atoms with Crippen LogP contribution in [0.4, 0.5) is 17.3 Å². The molecule has 0 saturated heterocycles. The molecule has 1 aromatic carbocycles. The van der Waals surface area contributed by atoms with Crippen molar-refractivity contribution in [3.8, 4) is 0 Å². The molecule has 0 fully saturated rings. The predicted octanol–water partition coefficient (Wildman–Crippen LogP) is 4.50. The van der Waals surface area contributed by atoms with E-state index in [2.05, 4.69) is 20.8 Å². The van der Waals surface area contributed by atoms with Crippen LogP contribution >= 0.6 is 22.9 Å². The van der Waals surface area contributed by atoms with E-state index in [1.165, 1.54) is 11.3 Å². The van der Waals surface area contributed by atoms with Gasteiger partial charge >= 0.3 is 0 Å². The van der Waals surface area contributed by atoms with E-state index >= 15 is 0 Å². The number of amides is 1. The van der Waals surface area contributed by atoms with Crippen LogP contribution < -0.4 is 10.6 Å². The summed E-state index contributed by atoms with van der Waals surface area (Å²) in [6.07, 6.45) is 0. The van der Waals surface area contributed by atoms with Crippen molar-refractivity contribution < 1.29 is 4.79 Å². The third kappa shape index (κ3) is 3.67. The average molecular weight is 345 g/mol. The number of rotatable bonds is 4. The van der Waals surface area contributed by atoms with Gasteiger partial charge in [0.1, 0.15) is 0 Å². The van der Waals surface area contributed by atoms with Gasteiger partial charge in [-0.05, 0) is 48.2 Å². The maximum absolute atomic E-state index is 11.9. The summed E-state index contributed by atoms with van der Waals surface area (Å²) in [6, 6.07) is 12.6. The SMILES string of the molecule is Cc1c(Cl)cccc1Nc1ccc(NC(=O)c2cccs2)nn1. The zero-order valence-electron chi connectivity index (χ0n) is 12.2. The number of anilines is 3. The van der Waals surface area contributed by atoms with Crippen LogP contribution in [0.5, 0.6) is 0 Å². The monoisotopic (exact) mass is 344 g/mol. The molecule has 0 spiro atoms. The molecule has 0 aliphatic rings. The molecule has 0 aliphatic heterocycles. The number of nitrogens with one attached hydrogen (secondary N) is 2. The zero-order valence-corrected chi connectivity index (χ0v) is 13.8. The minimum atomic E-state index is -0.194. The second kappa shape index (κ2) is 6.76. The number of carbonyl (C=O) groups is 1. The summed E-state index contributed by atoms with van der Waals surface area (Å²) in [4.78, 5) is 12.6. The molecular formula is C16H13ClN4OS. The van der Waals surface area contributed by atoms with E-state index in [-0.39, 0.29) is 5.91 Å². The molecule has 5 nitrogen and oxygen atoms in total. The highest BCUT2D eigenvalue weighted by Crippen LogP contribution is 2.25. The fourth-order valence-corrected chi connectivity index (χ4v) is 2.73. The molecule has 0 radical (unpaired) electrons. The Kier molecular flexibility index (Phi) is 4.55. The van der Waals surface area contributed by atoms with Crippen LogP contribution in [-0.4, -0.2) is 16.1 Å². The number of aromatic nitrogens is 2.